The number of carbonyl (C=O) groups is 2. The van der Waals surface area contributed by atoms with E-state index in [4.69, 9.17) is 14.2 Å². The van der Waals surface area contributed by atoms with Crippen LogP contribution in [0.5, 0.6) is 11.5 Å². The molecule has 1 N–H and O–H groups in total. The number of hydrogen-bond donors (Lipinski definition) is 1. The number of nitrogens with one attached hydrogen (secondary N) is 1. The quantitative estimate of drug-likeness (QED) is 0.260. The van der Waals surface area contributed by atoms with Crippen molar-refractivity contribution in [1.29, 1.82) is 5.26 Å². The molecule has 0 saturated carbocycles. The standard InChI is InChI=1S/C24H26N2O5/c1-4-6-13-31-22-15-17(7-12-21(22)29-3)14-19(16-25)23(27)26-20-10-8-18(9-11-20)24(28)30-5-2/h7-12,14-15H,4-6,13H2,1-3H3,(H,26,27)/b19-14+. The molecule has 0 aromatic heterocycles. The molecule has 0 aliphatic carbocycles. The molecule has 0 heterocycles. The van der Waals surface area contributed by atoms with Crippen molar-refractivity contribution in [3.8, 4) is 17.6 Å². The van der Waals surface area contributed by atoms with E-state index in [-0.39, 0.29) is 12.2 Å². The molecule has 0 spiro atoms. The van der Waals surface area contributed by atoms with Crippen molar-refractivity contribution in [3.05, 3.63) is 59.2 Å². The number of nitriles is 1. The first kappa shape index (κ1) is 23.5. The minimum absolute atomic E-state index is 0.0702. The summed E-state index contributed by atoms with van der Waals surface area (Å²) in [7, 11) is 1.55. The van der Waals surface area contributed by atoms with Crippen molar-refractivity contribution >= 4 is 23.6 Å². The van der Waals surface area contributed by atoms with Crippen molar-refractivity contribution in [3.63, 3.8) is 0 Å². The smallest absolute Gasteiger partial charge is 0.338 e. The summed E-state index contributed by atoms with van der Waals surface area (Å²) in [5.74, 6) is 0.139. The highest BCUT2D eigenvalue weighted by Gasteiger charge is 2.12. The third kappa shape index (κ3) is 6.89. The minimum Gasteiger partial charge on any atom is -0.493 e. The van der Waals surface area contributed by atoms with Gasteiger partial charge in [-0.05, 0) is 61.4 Å². The predicted octanol–water partition coefficient (Wildman–Crippen LogP) is 4.60. The lowest BCUT2D eigenvalue weighted by atomic mass is 10.1. The maximum Gasteiger partial charge on any atom is 0.338 e. The lowest BCUT2D eigenvalue weighted by Gasteiger charge is -2.11. The summed E-state index contributed by atoms with van der Waals surface area (Å²) < 4.78 is 16.0. The van der Waals surface area contributed by atoms with E-state index in [2.05, 4.69) is 12.2 Å². The van der Waals surface area contributed by atoms with Gasteiger partial charge in [-0.25, -0.2) is 4.79 Å². The number of hydrogen-bond acceptors (Lipinski definition) is 6. The highest BCUT2D eigenvalue weighted by molar-refractivity contribution is 6.09. The van der Waals surface area contributed by atoms with Crippen molar-refractivity contribution in [1.82, 2.24) is 0 Å². The highest BCUT2D eigenvalue weighted by Crippen LogP contribution is 2.29. The molecule has 1 amide bonds. The fraction of sp³-hybridized carbons (Fsp3) is 0.292. The molecular formula is C24H26N2O5. The van der Waals surface area contributed by atoms with Gasteiger partial charge in [-0.3, -0.25) is 4.79 Å². The van der Waals surface area contributed by atoms with Gasteiger partial charge in [0.15, 0.2) is 11.5 Å². The molecule has 0 aliphatic rings. The Morgan fingerprint density at radius 1 is 1.10 bits per heavy atom. The number of esters is 1. The SMILES string of the molecule is CCCCOc1cc(/C=C(\C#N)C(=O)Nc2ccc(C(=O)OCC)cc2)ccc1OC. The second-order valence-corrected chi connectivity index (χ2v) is 6.53. The first-order valence-corrected chi connectivity index (χ1v) is 10.0. The number of anilines is 1. The van der Waals surface area contributed by atoms with Crippen LogP contribution >= 0.6 is 0 Å². The second kappa shape index (κ2) is 12.0. The Labute approximate surface area is 182 Å². The van der Waals surface area contributed by atoms with E-state index in [0.717, 1.165) is 12.8 Å². The lowest BCUT2D eigenvalue weighted by molar-refractivity contribution is -0.112. The Kier molecular flexibility index (Phi) is 9.12. The van der Waals surface area contributed by atoms with E-state index >= 15 is 0 Å². The van der Waals surface area contributed by atoms with Gasteiger partial charge in [-0.1, -0.05) is 19.4 Å². The van der Waals surface area contributed by atoms with Crippen LogP contribution in [0, 0.1) is 11.3 Å². The van der Waals surface area contributed by atoms with Crippen LogP contribution in [0.15, 0.2) is 48.0 Å². The van der Waals surface area contributed by atoms with Crippen LogP contribution in [-0.2, 0) is 9.53 Å². The normalized spacial score (nSPS) is 10.7. The number of benzene rings is 2. The summed E-state index contributed by atoms with van der Waals surface area (Å²) in [4.78, 5) is 24.3. The van der Waals surface area contributed by atoms with E-state index in [9.17, 15) is 14.9 Å². The van der Waals surface area contributed by atoms with Gasteiger partial charge in [-0.15, -0.1) is 0 Å². The van der Waals surface area contributed by atoms with Gasteiger partial charge in [0.2, 0.25) is 0 Å². The molecule has 7 heteroatoms. The van der Waals surface area contributed by atoms with Crippen LogP contribution in [0.4, 0.5) is 5.69 Å². The van der Waals surface area contributed by atoms with Crippen LogP contribution in [0.1, 0.15) is 42.6 Å². The summed E-state index contributed by atoms with van der Waals surface area (Å²) in [6.07, 6.45) is 3.39. The molecule has 2 aromatic carbocycles. The van der Waals surface area contributed by atoms with Crippen molar-refractivity contribution in [2.75, 3.05) is 25.6 Å². The monoisotopic (exact) mass is 422 g/mol. The Morgan fingerprint density at radius 3 is 2.45 bits per heavy atom. The molecule has 2 rings (SSSR count). The average Bonchev–Trinajstić information content (AvgIpc) is 2.78. The number of methoxy groups -OCH3 is 1. The molecule has 31 heavy (non-hydrogen) atoms. The van der Waals surface area contributed by atoms with E-state index in [1.165, 1.54) is 6.08 Å². The van der Waals surface area contributed by atoms with Crippen molar-refractivity contribution in [2.45, 2.75) is 26.7 Å². The molecule has 0 atom stereocenters. The largest absolute Gasteiger partial charge is 0.493 e. The summed E-state index contributed by atoms with van der Waals surface area (Å²) >= 11 is 0. The molecular weight excluding hydrogens is 396 g/mol. The van der Waals surface area contributed by atoms with E-state index in [1.807, 2.05) is 6.07 Å². The van der Waals surface area contributed by atoms with Crippen molar-refractivity contribution < 1.29 is 23.8 Å². The number of amides is 1. The van der Waals surface area contributed by atoms with Gasteiger partial charge >= 0.3 is 5.97 Å². The molecule has 0 radical (unpaired) electrons. The Bertz CT molecular complexity index is 974. The highest BCUT2D eigenvalue weighted by atomic mass is 16.5. The summed E-state index contributed by atoms with van der Waals surface area (Å²) in [6.45, 7) is 4.63. The Morgan fingerprint density at radius 2 is 1.84 bits per heavy atom. The number of rotatable bonds is 10. The zero-order valence-corrected chi connectivity index (χ0v) is 17.9. The molecule has 0 saturated heterocycles. The van der Waals surface area contributed by atoms with E-state index < -0.39 is 11.9 Å². The van der Waals surface area contributed by atoms with E-state index in [1.54, 1.807) is 56.5 Å². The fourth-order valence-corrected chi connectivity index (χ4v) is 2.64. The maximum atomic E-state index is 12.5. The molecule has 162 valence electrons. The topological polar surface area (TPSA) is 97.7 Å². The van der Waals surface area contributed by atoms with Gasteiger partial charge < -0.3 is 19.5 Å². The van der Waals surface area contributed by atoms with Crippen LogP contribution < -0.4 is 14.8 Å². The maximum absolute atomic E-state index is 12.5. The van der Waals surface area contributed by atoms with Crippen molar-refractivity contribution in [2.24, 2.45) is 0 Å². The zero-order chi connectivity index (χ0) is 22.6. The molecule has 0 unspecified atom stereocenters. The zero-order valence-electron chi connectivity index (χ0n) is 17.9. The van der Waals surface area contributed by atoms with Crippen LogP contribution in [0.25, 0.3) is 6.08 Å². The number of carbonyl (C=O) groups excluding carboxylic acids is 2. The minimum atomic E-state index is -0.560. The van der Waals surface area contributed by atoms with Gasteiger partial charge in [-0.2, -0.15) is 5.26 Å². The van der Waals surface area contributed by atoms with Crippen LogP contribution in [0.3, 0.4) is 0 Å². The van der Waals surface area contributed by atoms with Gasteiger partial charge in [0.1, 0.15) is 11.6 Å². The van der Waals surface area contributed by atoms with Gasteiger partial charge in [0, 0.05) is 5.69 Å². The van der Waals surface area contributed by atoms with Crippen LogP contribution in [0.2, 0.25) is 0 Å². The number of unbranched alkanes of at least 4 members (excludes halogenated alkanes) is 1. The van der Waals surface area contributed by atoms with E-state index in [0.29, 0.717) is 34.9 Å². The molecule has 7 nitrogen and oxygen atoms in total. The third-order valence-electron chi connectivity index (χ3n) is 4.27. The summed E-state index contributed by atoms with van der Waals surface area (Å²) in [5, 5.41) is 12.1. The summed E-state index contributed by atoms with van der Waals surface area (Å²) in [5.41, 5.74) is 1.40. The molecule has 0 bridgehead atoms. The Balaban J connectivity index is 2.15. The molecule has 2 aromatic rings. The first-order chi connectivity index (χ1) is 15.0. The Hall–Kier alpha value is -3.79. The average molecular weight is 422 g/mol. The number of nitrogens with zero attached hydrogens (tertiary/aromatic N) is 1. The second-order valence-electron chi connectivity index (χ2n) is 6.53. The first-order valence-electron chi connectivity index (χ1n) is 10.0. The number of ether oxygens (including phenoxy) is 3. The van der Waals surface area contributed by atoms with Crippen LogP contribution in [-0.4, -0.2) is 32.2 Å². The van der Waals surface area contributed by atoms with Gasteiger partial charge in [0.25, 0.3) is 5.91 Å². The lowest BCUT2D eigenvalue weighted by Crippen LogP contribution is -2.13. The van der Waals surface area contributed by atoms with Gasteiger partial charge in [0.05, 0.1) is 25.9 Å². The predicted molar refractivity (Wildman–Crippen MR) is 118 cm³/mol. The molecule has 0 aliphatic heterocycles. The summed E-state index contributed by atoms with van der Waals surface area (Å²) in [6, 6.07) is 13.4. The third-order valence-corrected chi connectivity index (χ3v) is 4.27. The fourth-order valence-electron chi connectivity index (χ4n) is 2.64. The molecule has 0 fully saturated rings.